The van der Waals surface area contributed by atoms with Crippen LogP contribution in [0, 0.1) is 5.82 Å². The van der Waals surface area contributed by atoms with Gasteiger partial charge >= 0.3 is 0 Å². The van der Waals surface area contributed by atoms with Gasteiger partial charge in [0.05, 0.1) is 0 Å². The van der Waals surface area contributed by atoms with E-state index in [4.69, 9.17) is 0 Å². The Hall–Kier alpha value is -0.650. The summed E-state index contributed by atoms with van der Waals surface area (Å²) in [6.45, 7) is 4.21. The first kappa shape index (κ1) is 15.4. The van der Waals surface area contributed by atoms with Crippen molar-refractivity contribution >= 4 is 34.2 Å². The number of carbonyl (C=O) groups excluding carboxylic acids is 1. The van der Waals surface area contributed by atoms with E-state index in [1.165, 1.54) is 12.1 Å². The Morgan fingerprint density at radius 3 is 2.83 bits per heavy atom. The number of nitrogens with one attached hydrogen (secondary N) is 1. The topological polar surface area (TPSA) is 32.3 Å². The van der Waals surface area contributed by atoms with E-state index in [0.717, 1.165) is 13.1 Å². The molecular formula is C12H15BrClFN2O. The van der Waals surface area contributed by atoms with Gasteiger partial charge in [-0.3, -0.25) is 4.79 Å². The molecule has 1 amide bonds. The van der Waals surface area contributed by atoms with E-state index in [0.29, 0.717) is 16.6 Å². The molecule has 1 aliphatic rings. The largest absolute Gasteiger partial charge is 0.333 e. The predicted molar refractivity (Wildman–Crippen MR) is 74.7 cm³/mol. The number of benzene rings is 1. The number of halogens is 3. The average molecular weight is 338 g/mol. The lowest BCUT2D eigenvalue weighted by Crippen LogP contribution is -2.52. The van der Waals surface area contributed by atoms with Crippen molar-refractivity contribution in [2.75, 3.05) is 19.6 Å². The molecule has 1 unspecified atom stereocenters. The van der Waals surface area contributed by atoms with Gasteiger partial charge in [-0.1, -0.05) is 15.9 Å². The van der Waals surface area contributed by atoms with Crippen molar-refractivity contribution in [1.29, 1.82) is 0 Å². The van der Waals surface area contributed by atoms with Gasteiger partial charge < -0.3 is 10.2 Å². The number of amides is 1. The fourth-order valence-electron chi connectivity index (χ4n) is 1.99. The van der Waals surface area contributed by atoms with Crippen LogP contribution in [0.15, 0.2) is 22.7 Å². The molecule has 18 heavy (non-hydrogen) atoms. The summed E-state index contributed by atoms with van der Waals surface area (Å²) in [7, 11) is 0. The summed E-state index contributed by atoms with van der Waals surface area (Å²) in [5, 5.41) is 3.22. The zero-order valence-electron chi connectivity index (χ0n) is 9.95. The highest BCUT2D eigenvalue weighted by Crippen LogP contribution is 2.17. The summed E-state index contributed by atoms with van der Waals surface area (Å²) in [6, 6.07) is 4.42. The van der Waals surface area contributed by atoms with Crippen molar-refractivity contribution in [1.82, 2.24) is 10.2 Å². The van der Waals surface area contributed by atoms with E-state index in [-0.39, 0.29) is 24.4 Å². The van der Waals surface area contributed by atoms with Gasteiger partial charge in [0.2, 0.25) is 0 Å². The SMILES string of the molecule is CC1CNCCN1C(=O)c1cc(F)cc(Br)c1.Cl. The first-order valence-corrected chi connectivity index (χ1v) is 6.35. The molecule has 1 atom stereocenters. The fraction of sp³-hybridized carbons (Fsp3) is 0.417. The minimum absolute atomic E-state index is 0. The molecule has 0 spiro atoms. The van der Waals surface area contributed by atoms with Crippen LogP contribution in [0.4, 0.5) is 4.39 Å². The van der Waals surface area contributed by atoms with Gasteiger partial charge in [-0.2, -0.15) is 0 Å². The summed E-state index contributed by atoms with van der Waals surface area (Å²) < 4.78 is 13.8. The molecule has 1 fully saturated rings. The third kappa shape index (κ3) is 3.43. The van der Waals surface area contributed by atoms with Gasteiger partial charge in [0.15, 0.2) is 0 Å². The normalized spacial score (nSPS) is 19.3. The van der Waals surface area contributed by atoms with Crippen LogP contribution in [-0.2, 0) is 0 Å². The van der Waals surface area contributed by atoms with Gasteiger partial charge in [-0.15, -0.1) is 12.4 Å². The Morgan fingerprint density at radius 1 is 1.50 bits per heavy atom. The maximum atomic E-state index is 13.2. The molecule has 0 bridgehead atoms. The summed E-state index contributed by atoms with van der Waals surface area (Å²) in [5.74, 6) is -0.510. The van der Waals surface area contributed by atoms with E-state index < -0.39 is 5.82 Å². The Balaban J connectivity index is 0.00000162. The summed E-state index contributed by atoms with van der Waals surface area (Å²) >= 11 is 3.20. The van der Waals surface area contributed by atoms with E-state index >= 15 is 0 Å². The molecular weight excluding hydrogens is 322 g/mol. The molecule has 0 radical (unpaired) electrons. The highest BCUT2D eigenvalue weighted by atomic mass is 79.9. The lowest BCUT2D eigenvalue weighted by atomic mass is 10.1. The summed E-state index contributed by atoms with van der Waals surface area (Å²) in [6.07, 6.45) is 0. The van der Waals surface area contributed by atoms with Crippen molar-refractivity contribution in [3.8, 4) is 0 Å². The van der Waals surface area contributed by atoms with Crippen LogP contribution in [0.5, 0.6) is 0 Å². The maximum Gasteiger partial charge on any atom is 0.254 e. The predicted octanol–water partition coefficient (Wildman–Crippen LogP) is 2.44. The summed E-state index contributed by atoms with van der Waals surface area (Å²) in [4.78, 5) is 14.0. The van der Waals surface area contributed by atoms with E-state index in [2.05, 4.69) is 21.2 Å². The highest BCUT2D eigenvalue weighted by molar-refractivity contribution is 9.10. The second-order valence-corrected chi connectivity index (χ2v) is 5.13. The van der Waals surface area contributed by atoms with Crippen LogP contribution in [0.1, 0.15) is 17.3 Å². The molecule has 1 N–H and O–H groups in total. The number of carbonyl (C=O) groups is 1. The standard InChI is InChI=1S/C12H14BrFN2O.ClH/c1-8-7-15-2-3-16(8)12(17)9-4-10(13)6-11(14)5-9;/h4-6,8,15H,2-3,7H2,1H3;1H. The monoisotopic (exact) mass is 336 g/mol. The Labute approximate surface area is 120 Å². The van der Waals surface area contributed by atoms with Crippen LogP contribution in [0.25, 0.3) is 0 Å². The highest BCUT2D eigenvalue weighted by Gasteiger charge is 2.24. The molecule has 2 rings (SSSR count). The molecule has 100 valence electrons. The van der Waals surface area contributed by atoms with Crippen molar-refractivity contribution in [3.05, 3.63) is 34.1 Å². The number of nitrogens with zero attached hydrogens (tertiary/aromatic N) is 1. The molecule has 0 saturated carbocycles. The van der Waals surface area contributed by atoms with Crippen molar-refractivity contribution in [2.24, 2.45) is 0 Å². The van der Waals surface area contributed by atoms with E-state index in [1.807, 2.05) is 6.92 Å². The minimum Gasteiger partial charge on any atom is -0.333 e. The van der Waals surface area contributed by atoms with Gasteiger partial charge in [-0.05, 0) is 25.1 Å². The smallest absolute Gasteiger partial charge is 0.254 e. The molecule has 1 aromatic rings. The maximum absolute atomic E-state index is 13.2. The molecule has 1 heterocycles. The second kappa shape index (κ2) is 6.50. The van der Waals surface area contributed by atoms with Crippen molar-refractivity contribution < 1.29 is 9.18 Å². The van der Waals surface area contributed by atoms with Gasteiger partial charge in [-0.25, -0.2) is 4.39 Å². The Morgan fingerprint density at radius 2 is 2.22 bits per heavy atom. The fourth-order valence-corrected chi connectivity index (χ4v) is 2.45. The molecule has 0 aromatic heterocycles. The zero-order chi connectivity index (χ0) is 12.4. The van der Waals surface area contributed by atoms with Crippen LogP contribution >= 0.6 is 28.3 Å². The molecule has 0 aliphatic carbocycles. The molecule has 1 aromatic carbocycles. The average Bonchev–Trinajstić information content (AvgIpc) is 2.27. The van der Waals surface area contributed by atoms with Gasteiger partial charge in [0.25, 0.3) is 5.91 Å². The quantitative estimate of drug-likeness (QED) is 0.854. The number of rotatable bonds is 1. The summed E-state index contributed by atoms with van der Waals surface area (Å²) in [5.41, 5.74) is 0.394. The van der Waals surface area contributed by atoms with Gasteiger partial charge in [0.1, 0.15) is 5.82 Å². The van der Waals surface area contributed by atoms with Crippen LogP contribution < -0.4 is 5.32 Å². The first-order valence-electron chi connectivity index (χ1n) is 5.55. The molecule has 3 nitrogen and oxygen atoms in total. The van der Waals surface area contributed by atoms with Crippen LogP contribution in [0.3, 0.4) is 0 Å². The molecule has 6 heteroatoms. The first-order chi connectivity index (χ1) is 8.08. The zero-order valence-corrected chi connectivity index (χ0v) is 12.4. The third-order valence-electron chi connectivity index (χ3n) is 2.87. The minimum atomic E-state index is -0.398. The second-order valence-electron chi connectivity index (χ2n) is 4.21. The lowest BCUT2D eigenvalue weighted by Gasteiger charge is -2.34. The van der Waals surface area contributed by atoms with Crippen LogP contribution in [-0.4, -0.2) is 36.5 Å². The Kier molecular flexibility index (Phi) is 5.56. The van der Waals surface area contributed by atoms with Crippen molar-refractivity contribution in [3.63, 3.8) is 0 Å². The number of piperazine rings is 1. The molecule has 1 saturated heterocycles. The van der Waals surface area contributed by atoms with E-state index in [1.54, 1.807) is 11.0 Å². The molecule has 1 aliphatic heterocycles. The van der Waals surface area contributed by atoms with E-state index in [9.17, 15) is 9.18 Å². The number of hydrogen-bond acceptors (Lipinski definition) is 2. The lowest BCUT2D eigenvalue weighted by molar-refractivity contribution is 0.0655. The number of hydrogen-bond donors (Lipinski definition) is 1. The van der Waals surface area contributed by atoms with Crippen LogP contribution in [0.2, 0.25) is 0 Å². The van der Waals surface area contributed by atoms with Gasteiger partial charge in [0, 0.05) is 35.7 Å². The Bertz CT molecular complexity index is 424. The third-order valence-corrected chi connectivity index (χ3v) is 3.33. The van der Waals surface area contributed by atoms with Crippen molar-refractivity contribution in [2.45, 2.75) is 13.0 Å².